The number of ether oxygens (including phenoxy) is 2. The highest BCUT2D eigenvalue weighted by Gasteiger charge is 2.19. The molecule has 0 saturated heterocycles. The molecule has 112 valence electrons. The molecule has 6 heteroatoms. The summed E-state index contributed by atoms with van der Waals surface area (Å²) >= 11 is 0. The Morgan fingerprint density at radius 3 is 2.62 bits per heavy atom. The van der Waals surface area contributed by atoms with Crippen LogP contribution in [0.5, 0.6) is 11.6 Å². The molecule has 2 aromatic heterocycles. The highest BCUT2D eigenvalue weighted by atomic mass is 16.5. The zero-order valence-corrected chi connectivity index (χ0v) is 12.5. The molecule has 0 aromatic carbocycles. The molecule has 0 aliphatic rings. The van der Waals surface area contributed by atoms with Crippen LogP contribution in [0.4, 0.5) is 0 Å². The Morgan fingerprint density at radius 2 is 2.05 bits per heavy atom. The van der Waals surface area contributed by atoms with E-state index < -0.39 is 0 Å². The number of aromatic nitrogens is 3. The Morgan fingerprint density at radius 1 is 1.24 bits per heavy atom. The second-order valence-electron chi connectivity index (χ2n) is 4.59. The van der Waals surface area contributed by atoms with Crippen molar-refractivity contribution in [3.63, 3.8) is 0 Å². The molecule has 0 unspecified atom stereocenters. The Bertz CT molecular complexity index is 605. The first-order valence-electron chi connectivity index (χ1n) is 6.81. The number of carbonyl (C=O) groups excluding carboxylic acids is 1. The van der Waals surface area contributed by atoms with Gasteiger partial charge in [0.2, 0.25) is 5.88 Å². The molecule has 0 amide bonds. The third-order valence-corrected chi connectivity index (χ3v) is 3.10. The van der Waals surface area contributed by atoms with E-state index in [1.807, 2.05) is 13.0 Å². The Balaban J connectivity index is 2.20. The van der Waals surface area contributed by atoms with Crippen LogP contribution in [0.2, 0.25) is 0 Å². The van der Waals surface area contributed by atoms with Gasteiger partial charge in [0.1, 0.15) is 5.69 Å². The molecule has 2 aromatic rings. The fraction of sp³-hybridized carbons (Fsp3) is 0.400. The van der Waals surface area contributed by atoms with E-state index in [2.05, 4.69) is 10.1 Å². The van der Waals surface area contributed by atoms with Crippen molar-refractivity contribution in [3.8, 4) is 11.6 Å². The molecular weight excluding hydrogens is 270 g/mol. The molecular formula is C15H19N3O3. The summed E-state index contributed by atoms with van der Waals surface area (Å²) in [6.07, 6.45) is 4.37. The van der Waals surface area contributed by atoms with E-state index in [4.69, 9.17) is 9.47 Å². The van der Waals surface area contributed by atoms with Gasteiger partial charge in [-0.25, -0.2) is 4.98 Å². The molecule has 0 radical (unpaired) electrons. The number of aryl methyl sites for hydroxylation is 1. The first-order valence-corrected chi connectivity index (χ1v) is 6.81. The standard InChI is InChI=1S/C15H19N3O3/c1-4-7-18-15(13(20-2)10-17-18)12(19)8-11-5-6-14(21-3)16-9-11/h5-6,9-10H,4,7-8H2,1-3H3. The highest BCUT2D eigenvalue weighted by Crippen LogP contribution is 2.20. The van der Waals surface area contributed by atoms with Crippen LogP contribution in [0.25, 0.3) is 0 Å². The summed E-state index contributed by atoms with van der Waals surface area (Å²) in [5, 5.41) is 4.20. The summed E-state index contributed by atoms with van der Waals surface area (Å²) in [4.78, 5) is 16.6. The van der Waals surface area contributed by atoms with Crippen LogP contribution in [-0.2, 0) is 13.0 Å². The summed E-state index contributed by atoms with van der Waals surface area (Å²) in [5.41, 5.74) is 1.34. The Kier molecular flexibility index (Phi) is 4.92. The van der Waals surface area contributed by atoms with Crippen molar-refractivity contribution in [1.82, 2.24) is 14.8 Å². The van der Waals surface area contributed by atoms with E-state index in [1.54, 1.807) is 37.4 Å². The van der Waals surface area contributed by atoms with Gasteiger partial charge in [-0.2, -0.15) is 5.10 Å². The van der Waals surface area contributed by atoms with Crippen molar-refractivity contribution in [2.24, 2.45) is 0 Å². The van der Waals surface area contributed by atoms with E-state index in [0.29, 0.717) is 23.9 Å². The minimum Gasteiger partial charge on any atom is -0.493 e. The normalized spacial score (nSPS) is 10.4. The maximum Gasteiger partial charge on any atom is 0.212 e. The maximum atomic E-state index is 12.5. The van der Waals surface area contributed by atoms with Crippen LogP contribution in [0.3, 0.4) is 0 Å². The summed E-state index contributed by atoms with van der Waals surface area (Å²) in [6.45, 7) is 2.72. The van der Waals surface area contributed by atoms with Crippen LogP contribution in [0.1, 0.15) is 29.4 Å². The number of hydrogen-bond acceptors (Lipinski definition) is 5. The Hall–Kier alpha value is -2.37. The van der Waals surface area contributed by atoms with Gasteiger partial charge >= 0.3 is 0 Å². The number of pyridine rings is 1. The average Bonchev–Trinajstić information content (AvgIpc) is 2.91. The molecule has 0 saturated carbocycles. The quantitative estimate of drug-likeness (QED) is 0.730. The predicted molar refractivity (Wildman–Crippen MR) is 77.9 cm³/mol. The van der Waals surface area contributed by atoms with Crippen molar-refractivity contribution in [1.29, 1.82) is 0 Å². The van der Waals surface area contributed by atoms with Crippen molar-refractivity contribution in [2.75, 3.05) is 14.2 Å². The molecule has 0 spiro atoms. The molecule has 0 bridgehead atoms. The maximum absolute atomic E-state index is 12.5. The molecule has 0 aliphatic carbocycles. The summed E-state index contributed by atoms with van der Waals surface area (Å²) < 4.78 is 11.9. The molecule has 0 fully saturated rings. The summed E-state index contributed by atoms with van der Waals surface area (Å²) in [5.74, 6) is 1.000. The lowest BCUT2D eigenvalue weighted by Gasteiger charge is -2.07. The summed E-state index contributed by atoms with van der Waals surface area (Å²) in [7, 11) is 3.10. The topological polar surface area (TPSA) is 66.2 Å². The van der Waals surface area contributed by atoms with Gasteiger partial charge in [0.05, 0.1) is 20.4 Å². The molecule has 2 heterocycles. The van der Waals surface area contributed by atoms with E-state index in [1.165, 1.54) is 0 Å². The number of methoxy groups -OCH3 is 2. The number of Topliss-reactive ketones (excluding diaryl/α,β-unsaturated/α-hetero) is 1. The van der Waals surface area contributed by atoms with Gasteiger partial charge in [0, 0.05) is 25.2 Å². The van der Waals surface area contributed by atoms with Crippen LogP contribution in [-0.4, -0.2) is 34.8 Å². The molecule has 0 atom stereocenters. The van der Waals surface area contributed by atoms with Gasteiger partial charge in [-0.15, -0.1) is 0 Å². The lowest BCUT2D eigenvalue weighted by Crippen LogP contribution is -2.13. The van der Waals surface area contributed by atoms with Gasteiger partial charge in [-0.3, -0.25) is 9.48 Å². The lowest BCUT2D eigenvalue weighted by molar-refractivity contribution is 0.0979. The SMILES string of the molecule is CCCn1ncc(OC)c1C(=O)Cc1ccc(OC)nc1. The van der Waals surface area contributed by atoms with Gasteiger partial charge in [0.25, 0.3) is 0 Å². The predicted octanol–water partition coefficient (Wildman–Crippen LogP) is 2.13. The molecule has 0 aliphatic heterocycles. The number of hydrogen-bond donors (Lipinski definition) is 0. The Labute approximate surface area is 123 Å². The third-order valence-electron chi connectivity index (χ3n) is 3.10. The first kappa shape index (κ1) is 15.0. The molecule has 2 rings (SSSR count). The smallest absolute Gasteiger partial charge is 0.212 e. The number of carbonyl (C=O) groups is 1. The molecule has 6 nitrogen and oxygen atoms in total. The average molecular weight is 289 g/mol. The zero-order chi connectivity index (χ0) is 15.2. The van der Waals surface area contributed by atoms with Gasteiger partial charge in [0.15, 0.2) is 11.5 Å². The number of nitrogens with zero attached hydrogens (tertiary/aromatic N) is 3. The van der Waals surface area contributed by atoms with Crippen molar-refractivity contribution < 1.29 is 14.3 Å². The van der Waals surface area contributed by atoms with Crippen LogP contribution >= 0.6 is 0 Å². The first-order chi connectivity index (χ1) is 10.2. The van der Waals surface area contributed by atoms with Crippen LogP contribution < -0.4 is 9.47 Å². The largest absolute Gasteiger partial charge is 0.493 e. The van der Waals surface area contributed by atoms with Crippen molar-refractivity contribution in [2.45, 2.75) is 26.3 Å². The third kappa shape index (κ3) is 3.39. The van der Waals surface area contributed by atoms with E-state index in [0.717, 1.165) is 12.0 Å². The van der Waals surface area contributed by atoms with Crippen molar-refractivity contribution in [3.05, 3.63) is 35.8 Å². The molecule has 0 N–H and O–H groups in total. The second kappa shape index (κ2) is 6.88. The highest BCUT2D eigenvalue weighted by molar-refractivity contribution is 5.98. The zero-order valence-electron chi connectivity index (χ0n) is 12.5. The van der Waals surface area contributed by atoms with Gasteiger partial charge < -0.3 is 9.47 Å². The van der Waals surface area contributed by atoms with Crippen molar-refractivity contribution >= 4 is 5.78 Å². The number of rotatable bonds is 7. The minimum absolute atomic E-state index is 0.0373. The monoisotopic (exact) mass is 289 g/mol. The number of ketones is 1. The second-order valence-corrected chi connectivity index (χ2v) is 4.59. The summed E-state index contributed by atoms with van der Waals surface area (Å²) in [6, 6.07) is 3.57. The van der Waals surface area contributed by atoms with E-state index in [-0.39, 0.29) is 12.2 Å². The van der Waals surface area contributed by atoms with Gasteiger partial charge in [-0.05, 0) is 12.0 Å². The fourth-order valence-corrected chi connectivity index (χ4v) is 2.09. The van der Waals surface area contributed by atoms with Crippen LogP contribution in [0.15, 0.2) is 24.5 Å². The van der Waals surface area contributed by atoms with Crippen LogP contribution in [0, 0.1) is 0 Å². The van der Waals surface area contributed by atoms with Gasteiger partial charge in [-0.1, -0.05) is 13.0 Å². The lowest BCUT2D eigenvalue weighted by atomic mass is 10.1. The van der Waals surface area contributed by atoms with E-state index in [9.17, 15) is 4.79 Å². The molecule has 21 heavy (non-hydrogen) atoms. The fourth-order valence-electron chi connectivity index (χ4n) is 2.09. The minimum atomic E-state index is -0.0373. The van der Waals surface area contributed by atoms with E-state index >= 15 is 0 Å².